The maximum Gasteiger partial charge on any atom is 0.225 e. The Morgan fingerprint density at radius 2 is 1.82 bits per heavy atom. The number of carbonyl (C=O) groups excluding carboxylic acids is 1. The van der Waals surface area contributed by atoms with Crippen LogP contribution in [0.25, 0.3) is 0 Å². The van der Waals surface area contributed by atoms with E-state index in [0.717, 1.165) is 19.0 Å². The van der Waals surface area contributed by atoms with Crippen molar-refractivity contribution in [1.82, 2.24) is 10.2 Å². The largest absolute Gasteiger partial charge is 0.343 e. The Bertz CT molecular complexity index is 267. The third-order valence-electron chi connectivity index (χ3n) is 4.79. The molecule has 0 spiro atoms. The monoisotopic (exact) mass is 238 g/mol. The molecule has 2 aliphatic rings. The molecule has 1 unspecified atom stereocenters. The van der Waals surface area contributed by atoms with Crippen LogP contribution in [-0.4, -0.2) is 37.0 Å². The molecule has 1 atom stereocenters. The van der Waals surface area contributed by atoms with E-state index in [2.05, 4.69) is 19.2 Å². The summed E-state index contributed by atoms with van der Waals surface area (Å²) in [6.45, 7) is 6.45. The van der Waals surface area contributed by atoms with Gasteiger partial charge in [0.1, 0.15) is 0 Å². The van der Waals surface area contributed by atoms with Crippen LogP contribution in [0.2, 0.25) is 0 Å². The van der Waals surface area contributed by atoms with Gasteiger partial charge in [0, 0.05) is 19.0 Å². The molecule has 1 heterocycles. The van der Waals surface area contributed by atoms with Gasteiger partial charge in [0.2, 0.25) is 5.91 Å². The Balaban J connectivity index is 1.85. The molecule has 2 fully saturated rings. The summed E-state index contributed by atoms with van der Waals surface area (Å²) in [6.07, 6.45) is 4.95. The first-order valence-corrected chi connectivity index (χ1v) is 7.07. The van der Waals surface area contributed by atoms with Crippen molar-refractivity contribution in [2.75, 3.05) is 20.1 Å². The standard InChI is InChI=1S/C14H26N2O/c1-10-4-6-13(7-5-10)16(3)14(17)11(2)12-8-15-9-12/h10-13,15H,4-9H2,1-3H3. The molecular formula is C14H26N2O. The topological polar surface area (TPSA) is 32.3 Å². The Hall–Kier alpha value is -0.570. The van der Waals surface area contributed by atoms with Gasteiger partial charge in [-0.1, -0.05) is 13.8 Å². The number of nitrogens with zero attached hydrogens (tertiary/aromatic N) is 1. The fourth-order valence-electron chi connectivity index (χ4n) is 3.00. The molecule has 0 radical (unpaired) electrons. The van der Waals surface area contributed by atoms with Crippen LogP contribution in [0.5, 0.6) is 0 Å². The van der Waals surface area contributed by atoms with Crippen molar-refractivity contribution in [2.24, 2.45) is 17.8 Å². The van der Waals surface area contributed by atoms with Crippen molar-refractivity contribution < 1.29 is 4.79 Å². The predicted octanol–water partition coefficient (Wildman–Crippen LogP) is 1.88. The van der Waals surface area contributed by atoms with E-state index in [4.69, 9.17) is 0 Å². The smallest absolute Gasteiger partial charge is 0.225 e. The molecule has 3 nitrogen and oxygen atoms in total. The average Bonchev–Trinajstić information content (AvgIpc) is 2.25. The molecule has 1 aliphatic carbocycles. The minimum Gasteiger partial charge on any atom is -0.343 e. The van der Waals surface area contributed by atoms with Crippen molar-refractivity contribution in [1.29, 1.82) is 0 Å². The summed E-state index contributed by atoms with van der Waals surface area (Å²) in [5, 5.41) is 3.25. The summed E-state index contributed by atoms with van der Waals surface area (Å²) in [6, 6.07) is 0.495. The summed E-state index contributed by atoms with van der Waals surface area (Å²) in [5.41, 5.74) is 0. The van der Waals surface area contributed by atoms with E-state index < -0.39 is 0 Å². The lowest BCUT2D eigenvalue weighted by atomic mass is 9.84. The van der Waals surface area contributed by atoms with Crippen molar-refractivity contribution in [3.63, 3.8) is 0 Å². The van der Waals surface area contributed by atoms with Gasteiger partial charge in [-0.3, -0.25) is 4.79 Å². The number of amides is 1. The van der Waals surface area contributed by atoms with Gasteiger partial charge in [-0.25, -0.2) is 0 Å². The lowest BCUT2D eigenvalue weighted by Gasteiger charge is -2.38. The Morgan fingerprint density at radius 3 is 2.29 bits per heavy atom. The van der Waals surface area contributed by atoms with Gasteiger partial charge >= 0.3 is 0 Å². The molecule has 2 rings (SSSR count). The van der Waals surface area contributed by atoms with Crippen LogP contribution in [-0.2, 0) is 4.79 Å². The van der Waals surface area contributed by atoms with Crippen molar-refractivity contribution in [2.45, 2.75) is 45.6 Å². The number of hydrogen-bond acceptors (Lipinski definition) is 2. The second-order valence-electron chi connectivity index (χ2n) is 6.07. The molecule has 0 aromatic heterocycles. The van der Waals surface area contributed by atoms with Gasteiger partial charge in [-0.2, -0.15) is 0 Å². The molecule has 98 valence electrons. The lowest BCUT2D eigenvalue weighted by Crippen LogP contribution is -2.51. The first-order chi connectivity index (χ1) is 8.09. The predicted molar refractivity (Wildman–Crippen MR) is 69.7 cm³/mol. The summed E-state index contributed by atoms with van der Waals surface area (Å²) in [5.74, 6) is 1.96. The summed E-state index contributed by atoms with van der Waals surface area (Å²) < 4.78 is 0. The summed E-state index contributed by atoms with van der Waals surface area (Å²) >= 11 is 0. The first kappa shape index (κ1) is 12.9. The van der Waals surface area contributed by atoms with Gasteiger partial charge in [-0.15, -0.1) is 0 Å². The number of hydrogen-bond donors (Lipinski definition) is 1. The molecule has 1 aliphatic heterocycles. The molecule has 1 saturated carbocycles. The first-order valence-electron chi connectivity index (χ1n) is 7.07. The Kier molecular flexibility index (Phi) is 4.08. The number of nitrogens with one attached hydrogen (secondary N) is 1. The zero-order valence-corrected chi connectivity index (χ0v) is 11.4. The molecule has 17 heavy (non-hydrogen) atoms. The fraction of sp³-hybridized carbons (Fsp3) is 0.929. The third kappa shape index (κ3) is 2.82. The van der Waals surface area contributed by atoms with E-state index in [1.54, 1.807) is 0 Å². The fourth-order valence-corrected chi connectivity index (χ4v) is 3.00. The van der Waals surface area contributed by atoms with Crippen molar-refractivity contribution in [3.8, 4) is 0 Å². The van der Waals surface area contributed by atoms with Crippen LogP contribution in [0.4, 0.5) is 0 Å². The molecule has 1 saturated heterocycles. The molecule has 0 aromatic rings. The van der Waals surface area contributed by atoms with Crippen LogP contribution in [0.1, 0.15) is 39.5 Å². The Morgan fingerprint density at radius 1 is 1.24 bits per heavy atom. The second kappa shape index (κ2) is 5.38. The van der Waals surface area contributed by atoms with E-state index in [-0.39, 0.29) is 5.92 Å². The van der Waals surface area contributed by atoms with E-state index in [0.29, 0.717) is 17.9 Å². The highest BCUT2D eigenvalue weighted by Crippen LogP contribution is 2.28. The lowest BCUT2D eigenvalue weighted by molar-refractivity contribution is -0.138. The number of rotatable bonds is 3. The third-order valence-corrected chi connectivity index (χ3v) is 4.79. The normalized spacial score (nSPS) is 31.7. The van der Waals surface area contributed by atoms with Gasteiger partial charge in [0.25, 0.3) is 0 Å². The zero-order chi connectivity index (χ0) is 12.4. The van der Waals surface area contributed by atoms with Crippen LogP contribution < -0.4 is 5.32 Å². The summed E-state index contributed by atoms with van der Waals surface area (Å²) in [4.78, 5) is 14.4. The van der Waals surface area contributed by atoms with Crippen LogP contribution in [0.3, 0.4) is 0 Å². The van der Waals surface area contributed by atoms with Gasteiger partial charge < -0.3 is 10.2 Å². The molecule has 3 heteroatoms. The highest BCUT2D eigenvalue weighted by Gasteiger charge is 2.33. The van der Waals surface area contributed by atoms with Crippen molar-refractivity contribution >= 4 is 5.91 Å². The van der Waals surface area contributed by atoms with Crippen LogP contribution in [0.15, 0.2) is 0 Å². The number of carbonyl (C=O) groups is 1. The van der Waals surface area contributed by atoms with Gasteiger partial charge in [0.15, 0.2) is 0 Å². The maximum absolute atomic E-state index is 12.4. The SMILES string of the molecule is CC1CCC(N(C)C(=O)C(C)C2CNC2)CC1. The van der Waals surface area contributed by atoms with E-state index in [1.807, 2.05) is 11.9 Å². The molecule has 1 amide bonds. The van der Waals surface area contributed by atoms with E-state index in [1.165, 1.54) is 25.7 Å². The minimum absolute atomic E-state index is 0.195. The quantitative estimate of drug-likeness (QED) is 0.814. The highest BCUT2D eigenvalue weighted by atomic mass is 16.2. The molecule has 0 aromatic carbocycles. The minimum atomic E-state index is 0.195. The van der Waals surface area contributed by atoms with Crippen LogP contribution in [0, 0.1) is 17.8 Å². The summed E-state index contributed by atoms with van der Waals surface area (Å²) in [7, 11) is 2.01. The highest BCUT2D eigenvalue weighted by molar-refractivity contribution is 5.79. The Labute approximate surface area is 105 Å². The zero-order valence-electron chi connectivity index (χ0n) is 11.4. The second-order valence-corrected chi connectivity index (χ2v) is 6.07. The molecule has 1 N–H and O–H groups in total. The average molecular weight is 238 g/mol. The van der Waals surface area contributed by atoms with Gasteiger partial charge in [0.05, 0.1) is 0 Å². The van der Waals surface area contributed by atoms with Gasteiger partial charge in [-0.05, 0) is 50.6 Å². The van der Waals surface area contributed by atoms with E-state index >= 15 is 0 Å². The molecule has 0 bridgehead atoms. The van der Waals surface area contributed by atoms with E-state index in [9.17, 15) is 4.79 Å². The maximum atomic E-state index is 12.4. The van der Waals surface area contributed by atoms with Crippen LogP contribution >= 0.6 is 0 Å². The van der Waals surface area contributed by atoms with Crippen molar-refractivity contribution in [3.05, 3.63) is 0 Å². The molecular weight excluding hydrogens is 212 g/mol.